The van der Waals surface area contributed by atoms with Gasteiger partial charge in [-0.15, -0.1) is 0 Å². The smallest absolute Gasteiger partial charge is 0.336 e. The van der Waals surface area contributed by atoms with Crippen LogP contribution in [0.5, 0.6) is 0 Å². The summed E-state index contributed by atoms with van der Waals surface area (Å²) in [5.74, 6) is 0.656. The van der Waals surface area contributed by atoms with Crippen LogP contribution in [0.25, 0.3) is 33.3 Å². The minimum absolute atomic E-state index is 0.367. The molecule has 1 aliphatic carbocycles. The molecule has 0 saturated heterocycles. The fourth-order valence-electron chi connectivity index (χ4n) is 3.58. The number of hydrogen-bond acceptors (Lipinski definition) is 3. The highest BCUT2D eigenvalue weighted by molar-refractivity contribution is 6.31. The Hall–Kier alpha value is -2.52. The van der Waals surface area contributed by atoms with Crippen LogP contribution in [-0.2, 0) is 12.8 Å². The fraction of sp³-hybridized carbons (Fsp3) is 0.150. The van der Waals surface area contributed by atoms with E-state index in [2.05, 4.69) is 6.07 Å². The molecule has 0 N–H and O–H groups in total. The standard InChI is InChI=1S/C20H13ClO3/c21-14-4-5-17-13(6-14)9-18(23-17)16-10-20(22)24-19-8-12-3-1-2-11(12)7-15(16)19/h4-10H,1-3H2. The first-order chi connectivity index (χ1) is 11.7. The Kier molecular flexibility index (Phi) is 2.88. The number of hydrogen-bond donors (Lipinski definition) is 0. The minimum atomic E-state index is -0.367. The first-order valence-corrected chi connectivity index (χ1v) is 8.34. The SMILES string of the molecule is O=c1cc(-c2cc3cc(Cl)ccc3o2)c2cc3c(cc2o1)CCC3. The Morgan fingerprint density at radius 2 is 1.71 bits per heavy atom. The van der Waals surface area contributed by atoms with Crippen LogP contribution in [0.4, 0.5) is 0 Å². The van der Waals surface area contributed by atoms with Crippen LogP contribution in [0.15, 0.2) is 56.1 Å². The van der Waals surface area contributed by atoms with Crippen molar-refractivity contribution < 1.29 is 8.83 Å². The summed E-state index contributed by atoms with van der Waals surface area (Å²) < 4.78 is 11.4. The van der Waals surface area contributed by atoms with Gasteiger partial charge in [0.25, 0.3) is 0 Å². The molecular formula is C20H13ClO3. The van der Waals surface area contributed by atoms with E-state index in [1.54, 1.807) is 6.07 Å². The van der Waals surface area contributed by atoms with Gasteiger partial charge >= 0.3 is 5.63 Å². The Morgan fingerprint density at radius 1 is 0.875 bits per heavy atom. The average molecular weight is 337 g/mol. The maximum atomic E-state index is 12.0. The molecule has 0 radical (unpaired) electrons. The van der Waals surface area contributed by atoms with Gasteiger partial charge in [0.1, 0.15) is 16.9 Å². The summed E-state index contributed by atoms with van der Waals surface area (Å²) in [5.41, 5.74) is 4.38. The van der Waals surface area contributed by atoms with Crippen molar-refractivity contribution in [2.75, 3.05) is 0 Å². The van der Waals surface area contributed by atoms with E-state index < -0.39 is 0 Å². The minimum Gasteiger partial charge on any atom is -0.456 e. The summed E-state index contributed by atoms with van der Waals surface area (Å²) >= 11 is 6.05. The van der Waals surface area contributed by atoms with Crippen LogP contribution in [0.3, 0.4) is 0 Å². The summed E-state index contributed by atoms with van der Waals surface area (Å²) in [6.45, 7) is 0. The lowest BCUT2D eigenvalue weighted by Gasteiger charge is -2.06. The Morgan fingerprint density at radius 3 is 2.58 bits per heavy atom. The third-order valence-electron chi connectivity index (χ3n) is 4.70. The Labute approximate surface area is 142 Å². The van der Waals surface area contributed by atoms with Crippen molar-refractivity contribution in [1.82, 2.24) is 0 Å². The lowest BCUT2D eigenvalue weighted by molar-refractivity contribution is 0.559. The van der Waals surface area contributed by atoms with E-state index in [0.29, 0.717) is 16.4 Å². The fourth-order valence-corrected chi connectivity index (χ4v) is 3.76. The molecule has 0 amide bonds. The van der Waals surface area contributed by atoms with E-state index in [1.165, 1.54) is 17.2 Å². The topological polar surface area (TPSA) is 43.4 Å². The number of rotatable bonds is 1. The van der Waals surface area contributed by atoms with Gasteiger partial charge < -0.3 is 8.83 Å². The summed E-state index contributed by atoms with van der Waals surface area (Å²) in [4.78, 5) is 12.0. The number of benzene rings is 2. The lowest BCUT2D eigenvalue weighted by atomic mass is 10.0. The zero-order valence-electron chi connectivity index (χ0n) is 12.8. The maximum absolute atomic E-state index is 12.0. The van der Waals surface area contributed by atoms with Crippen molar-refractivity contribution >= 4 is 33.5 Å². The Bertz CT molecular complexity index is 1170. The predicted octanol–water partition coefficient (Wildman–Crippen LogP) is 5.35. The van der Waals surface area contributed by atoms with Crippen molar-refractivity contribution in [3.05, 3.63) is 69.0 Å². The van der Waals surface area contributed by atoms with Gasteiger partial charge in [-0.05, 0) is 66.8 Å². The summed E-state index contributed by atoms with van der Waals surface area (Å²) in [6.07, 6.45) is 3.26. The first-order valence-electron chi connectivity index (χ1n) is 7.96. The quantitative estimate of drug-likeness (QED) is 0.440. The molecule has 2 aromatic heterocycles. The van der Waals surface area contributed by atoms with Crippen LogP contribution in [0, 0.1) is 0 Å². The number of halogens is 1. The maximum Gasteiger partial charge on any atom is 0.336 e. The molecule has 0 unspecified atom stereocenters. The summed E-state index contributed by atoms with van der Waals surface area (Å²) in [7, 11) is 0. The molecular weight excluding hydrogens is 324 g/mol. The first kappa shape index (κ1) is 13.9. The molecule has 0 saturated carbocycles. The molecule has 0 atom stereocenters. The van der Waals surface area contributed by atoms with Gasteiger partial charge in [0.2, 0.25) is 0 Å². The molecule has 0 fully saturated rings. The van der Waals surface area contributed by atoms with Crippen molar-refractivity contribution in [1.29, 1.82) is 0 Å². The highest BCUT2D eigenvalue weighted by Crippen LogP contribution is 2.35. The van der Waals surface area contributed by atoms with Crippen molar-refractivity contribution in [3.8, 4) is 11.3 Å². The van der Waals surface area contributed by atoms with Crippen molar-refractivity contribution in [3.63, 3.8) is 0 Å². The largest absolute Gasteiger partial charge is 0.456 e. The van der Waals surface area contributed by atoms with Gasteiger partial charge in [0, 0.05) is 27.4 Å². The zero-order valence-corrected chi connectivity index (χ0v) is 13.5. The number of furan rings is 1. The highest BCUT2D eigenvalue weighted by Gasteiger charge is 2.17. The van der Waals surface area contributed by atoms with Crippen molar-refractivity contribution in [2.45, 2.75) is 19.3 Å². The third-order valence-corrected chi connectivity index (χ3v) is 4.94. The van der Waals surface area contributed by atoms with Crippen molar-refractivity contribution in [2.24, 2.45) is 0 Å². The van der Waals surface area contributed by atoms with Gasteiger partial charge in [0.05, 0.1) is 0 Å². The van der Waals surface area contributed by atoms with Gasteiger partial charge in [-0.25, -0.2) is 4.79 Å². The molecule has 3 nitrogen and oxygen atoms in total. The third kappa shape index (κ3) is 2.09. The molecule has 4 aromatic rings. The molecule has 5 rings (SSSR count). The molecule has 1 aliphatic rings. The van der Waals surface area contributed by atoms with Crippen LogP contribution in [0.1, 0.15) is 17.5 Å². The Balaban J connectivity index is 1.82. The molecule has 2 aromatic carbocycles. The normalized spacial score (nSPS) is 13.7. The molecule has 2 heterocycles. The average Bonchev–Trinajstić information content (AvgIpc) is 3.17. The lowest BCUT2D eigenvalue weighted by Crippen LogP contribution is -1.98. The zero-order chi connectivity index (χ0) is 16.3. The van der Waals surface area contributed by atoms with E-state index in [0.717, 1.165) is 41.2 Å². The van der Waals surface area contributed by atoms with Crippen LogP contribution < -0.4 is 5.63 Å². The second kappa shape index (κ2) is 4.99. The molecule has 0 bridgehead atoms. The van der Waals surface area contributed by atoms with E-state index in [-0.39, 0.29) is 5.63 Å². The van der Waals surface area contributed by atoms with Crippen LogP contribution >= 0.6 is 11.6 Å². The van der Waals surface area contributed by atoms with E-state index in [1.807, 2.05) is 24.3 Å². The second-order valence-corrected chi connectivity index (χ2v) is 6.68. The van der Waals surface area contributed by atoms with Crippen LogP contribution in [-0.4, -0.2) is 0 Å². The monoisotopic (exact) mass is 336 g/mol. The van der Waals surface area contributed by atoms with Gasteiger partial charge in [-0.2, -0.15) is 0 Å². The van der Waals surface area contributed by atoms with Crippen LogP contribution in [0.2, 0.25) is 5.02 Å². The van der Waals surface area contributed by atoms with Gasteiger partial charge in [0.15, 0.2) is 0 Å². The number of aryl methyl sites for hydroxylation is 2. The van der Waals surface area contributed by atoms with E-state index >= 15 is 0 Å². The second-order valence-electron chi connectivity index (χ2n) is 6.24. The highest BCUT2D eigenvalue weighted by atomic mass is 35.5. The van der Waals surface area contributed by atoms with E-state index in [4.69, 9.17) is 20.4 Å². The molecule has 118 valence electrons. The van der Waals surface area contributed by atoms with Gasteiger partial charge in [-0.1, -0.05) is 11.6 Å². The van der Waals surface area contributed by atoms with E-state index in [9.17, 15) is 4.79 Å². The molecule has 24 heavy (non-hydrogen) atoms. The summed E-state index contributed by atoms with van der Waals surface area (Å²) in [6, 6.07) is 13.0. The number of fused-ring (bicyclic) bond motifs is 3. The van der Waals surface area contributed by atoms with Gasteiger partial charge in [-0.3, -0.25) is 0 Å². The molecule has 4 heteroatoms. The predicted molar refractivity (Wildman–Crippen MR) is 94.7 cm³/mol. The summed E-state index contributed by atoms with van der Waals surface area (Å²) in [5, 5.41) is 2.49. The molecule has 0 spiro atoms. The molecule has 0 aliphatic heterocycles.